The van der Waals surface area contributed by atoms with Gasteiger partial charge in [-0.3, -0.25) is 0 Å². The predicted molar refractivity (Wildman–Crippen MR) is 86.2 cm³/mol. The average molecular weight is 325 g/mol. The van der Waals surface area contributed by atoms with Gasteiger partial charge in [0.15, 0.2) is 11.5 Å². The minimum atomic E-state index is -0.989. The number of aromatic nitrogens is 3. The molecule has 0 atom stereocenters. The van der Waals surface area contributed by atoms with Crippen LogP contribution in [0.1, 0.15) is 15.9 Å². The number of nitrogens with zero attached hydrogens (tertiary/aromatic N) is 4. The number of nitriles is 1. The molecule has 0 aliphatic rings. The zero-order valence-corrected chi connectivity index (χ0v) is 12.8. The van der Waals surface area contributed by atoms with Gasteiger partial charge in [0.1, 0.15) is 16.7 Å². The lowest BCUT2D eigenvalue weighted by Crippen LogP contribution is -2.06. The monoisotopic (exact) mass is 325 g/mol. The third-order valence-electron chi connectivity index (χ3n) is 3.20. The molecule has 2 N–H and O–H groups in total. The molecule has 3 rings (SSSR count). The fourth-order valence-electron chi connectivity index (χ4n) is 2.12. The number of rotatable bonds is 4. The van der Waals surface area contributed by atoms with Crippen LogP contribution < -0.4 is 5.32 Å². The number of hydrogen-bond acceptors (Lipinski definition) is 6. The second-order valence-electron chi connectivity index (χ2n) is 4.57. The molecule has 2 heterocycles. The summed E-state index contributed by atoms with van der Waals surface area (Å²) in [6.45, 7) is 0. The van der Waals surface area contributed by atoms with Crippen LogP contribution >= 0.6 is 11.8 Å². The highest BCUT2D eigenvalue weighted by Gasteiger charge is 2.16. The van der Waals surface area contributed by atoms with Gasteiger partial charge in [-0.2, -0.15) is 14.9 Å². The Morgan fingerprint density at radius 1 is 1.35 bits per heavy atom. The Kier molecular flexibility index (Phi) is 3.87. The normalized spacial score (nSPS) is 10.4. The maximum atomic E-state index is 10.9. The second-order valence-corrected chi connectivity index (χ2v) is 5.36. The van der Waals surface area contributed by atoms with Gasteiger partial charge in [-0.1, -0.05) is 0 Å². The number of aromatic carboxylic acids is 1. The summed E-state index contributed by atoms with van der Waals surface area (Å²) in [7, 11) is 0. The Hall–Kier alpha value is -3.05. The van der Waals surface area contributed by atoms with Crippen LogP contribution in [-0.4, -0.2) is 31.9 Å². The first-order valence-corrected chi connectivity index (χ1v) is 7.78. The molecule has 0 saturated carbocycles. The van der Waals surface area contributed by atoms with Crippen LogP contribution in [0.25, 0.3) is 5.65 Å². The Morgan fingerprint density at radius 3 is 2.70 bits per heavy atom. The molecule has 0 aliphatic heterocycles. The first kappa shape index (κ1) is 14.9. The van der Waals surface area contributed by atoms with E-state index in [1.165, 1.54) is 23.9 Å². The fourth-order valence-corrected chi connectivity index (χ4v) is 2.65. The third kappa shape index (κ3) is 2.69. The molecule has 23 heavy (non-hydrogen) atoms. The molecule has 0 amide bonds. The lowest BCUT2D eigenvalue weighted by Gasteiger charge is -2.12. The number of anilines is 2. The van der Waals surface area contributed by atoms with E-state index in [1.54, 1.807) is 28.9 Å². The summed E-state index contributed by atoms with van der Waals surface area (Å²) in [5.41, 5.74) is 1.86. The molecule has 0 bridgehead atoms. The lowest BCUT2D eigenvalue weighted by atomic mass is 10.2. The summed E-state index contributed by atoms with van der Waals surface area (Å²) in [5.74, 6) is -0.493. The van der Waals surface area contributed by atoms with E-state index in [0.29, 0.717) is 27.7 Å². The van der Waals surface area contributed by atoms with Gasteiger partial charge in [0, 0.05) is 11.8 Å². The molecule has 2 aromatic heterocycles. The van der Waals surface area contributed by atoms with Crippen molar-refractivity contribution in [2.24, 2.45) is 0 Å². The first-order valence-electron chi connectivity index (χ1n) is 6.56. The number of benzene rings is 1. The van der Waals surface area contributed by atoms with Gasteiger partial charge in [0.05, 0.1) is 11.8 Å². The van der Waals surface area contributed by atoms with Crippen LogP contribution in [0.5, 0.6) is 0 Å². The SMILES string of the molecule is CSc1nc2ccnn2c(Nc2ccc(C(=O)O)cc2)c1C#N. The molecular weight excluding hydrogens is 314 g/mol. The van der Waals surface area contributed by atoms with Crippen LogP contribution in [0, 0.1) is 11.3 Å². The second kappa shape index (κ2) is 5.98. The minimum absolute atomic E-state index is 0.194. The summed E-state index contributed by atoms with van der Waals surface area (Å²) in [5, 5.41) is 26.3. The molecule has 3 aromatic rings. The average Bonchev–Trinajstić information content (AvgIpc) is 3.03. The van der Waals surface area contributed by atoms with Gasteiger partial charge >= 0.3 is 5.97 Å². The van der Waals surface area contributed by atoms with Gasteiger partial charge < -0.3 is 10.4 Å². The third-order valence-corrected chi connectivity index (χ3v) is 3.88. The zero-order valence-electron chi connectivity index (χ0n) is 12.0. The molecule has 0 fully saturated rings. The van der Waals surface area contributed by atoms with E-state index in [-0.39, 0.29) is 5.56 Å². The highest BCUT2D eigenvalue weighted by atomic mass is 32.2. The molecule has 8 heteroatoms. The molecule has 0 unspecified atom stereocenters. The molecular formula is C15H11N5O2S. The molecule has 0 saturated heterocycles. The van der Waals surface area contributed by atoms with Crippen molar-refractivity contribution < 1.29 is 9.90 Å². The number of hydrogen-bond donors (Lipinski definition) is 2. The van der Waals surface area contributed by atoms with E-state index in [2.05, 4.69) is 21.5 Å². The number of thioether (sulfide) groups is 1. The molecule has 0 spiro atoms. The van der Waals surface area contributed by atoms with E-state index in [1.807, 2.05) is 6.26 Å². The summed E-state index contributed by atoms with van der Waals surface area (Å²) in [6.07, 6.45) is 3.45. The number of nitrogens with one attached hydrogen (secondary N) is 1. The standard InChI is InChI=1S/C15H11N5O2S/c1-23-14-11(8-16)13(20-12(19-14)6-7-17-20)18-10-4-2-9(3-5-10)15(21)22/h2-7,18H,1H3,(H,21,22). The van der Waals surface area contributed by atoms with Crippen molar-refractivity contribution in [1.82, 2.24) is 14.6 Å². The van der Waals surface area contributed by atoms with Crippen LogP contribution in [0.2, 0.25) is 0 Å². The van der Waals surface area contributed by atoms with Gasteiger partial charge in [-0.25, -0.2) is 9.78 Å². The maximum absolute atomic E-state index is 10.9. The van der Waals surface area contributed by atoms with Gasteiger partial charge in [0.2, 0.25) is 0 Å². The molecule has 1 aromatic carbocycles. The maximum Gasteiger partial charge on any atom is 0.335 e. The van der Waals surface area contributed by atoms with E-state index in [0.717, 1.165) is 0 Å². The van der Waals surface area contributed by atoms with Crippen LogP contribution in [0.3, 0.4) is 0 Å². The van der Waals surface area contributed by atoms with Crippen molar-refractivity contribution in [1.29, 1.82) is 5.26 Å². The van der Waals surface area contributed by atoms with Crippen molar-refractivity contribution >= 4 is 34.9 Å². The fraction of sp³-hybridized carbons (Fsp3) is 0.0667. The summed E-state index contributed by atoms with van der Waals surface area (Å²) in [6, 6.07) is 10.2. The summed E-state index contributed by atoms with van der Waals surface area (Å²) >= 11 is 1.38. The Bertz CT molecular complexity index is 927. The minimum Gasteiger partial charge on any atom is -0.478 e. The van der Waals surface area contributed by atoms with Gasteiger partial charge in [-0.15, -0.1) is 11.8 Å². The largest absolute Gasteiger partial charge is 0.478 e. The van der Waals surface area contributed by atoms with Crippen molar-refractivity contribution in [2.45, 2.75) is 5.03 Å². The number of carboxylic acid groups (broad SMARTS) is 1. The Morgan fingerprint density at radius 2 is 2.09 bits per heavy atom. The molecule has 0 radical (unpaired) electrons. The molecule has 0 aliphatic carbocycles. The van der Waals surface area contributed by atoms with Gasteiger partial charge in [-0.05, 0) is 30.5 Å². The predicted octanol–water partition coefficient (Wildman–Crippen LogP) is 2.76. The first-order chi connectivity index (χ1) is 11.1. The number of carboxylic acids is 1. The Balaban J connectivity index is 2.09. The van der Waals surface area contributed by atoms with Crippen molar-refractivity contribution in [3.63, 3.8) is 0 Å². The van der Waals surface area contributed by atoms with E-state index in [9.17, 15) is 10.1 Å². The Labute approximate surface area is 135 Å². The van der Waals surface area contributed by atoms with Crippen molar-refractivity contribution in [2.75, 3.05) is 11.6 Å². The quantitative estimate of drug-likeness (QED) is 0.561. The van der Waals surface area contributed by atoms with Crippen molar-refractivity contribution in [3.05, 3.63) is 47.7 Å². The van der Waals surface area contributed by atoms with E-state index >= 15 is 0 Å². The van der Waals surface area contributed by atoms with Crippen LogP contribution in [0.15, 0.2) is 41.6 Å². The molecule has 7 nitrogen and oxygen atoms in total. The lowest BCUT2D eigenvalue weighted by molar-refractivity contribution is 0.0697. The summed E-state index contributed by atoms with van der Waals surface area (Å²) in [4.78, 5) is 15.3. The van der Waals surface area contributed by atoms with E-state index < -0.39 is 5.97 Å². The molecule has 114 valence electrons. The highest BCUT2D eigenvalue weighted by Crippen LogP contribution is 2.28. The topological polar surface area (TPSA) is 103 Å². The number of carbonyl (C=O) groups is 1. The zero-order chi connectivity index (χ0) is 16.4. The van der Waals surface area contributed by atoms with Gasteiger partial charge in [0.25, 0.3) is 0 Å². The van der Waals surface area contributed by atoms with E-state index in [4.69, 9.17) is 5.11 Å². The smallest absolute Gasteiger partial charge is 0.335 e. The van der Waals surface area contributed by atoms with Crippen molar-refractivity contribution in [3.8, 4) is 6.07 Å². The van der Waals surface area contributed by atoms with Crippen LogP contribution in [-0.2, 0) is 0 Å². The highest BCUT2D eigenvalue weighted by molar-refractivity contribution is 7.98. The summed E-state index contributed by atoms with van der Waals surface area (Å²) < 4.78 is 1.55. The number of fused-ring (bicyclic) bond motifs is 1. The van der Waals surface area contributed by atoms with Crippen LogP contribution in [0.4, 0.5) is 11.5 Å².